The minimum Gasteiger partial charge on any atom is -0.462 e. The number of benzene rings is 2. The average molecular weight is 1630 g/mol. The Kier molecular flexibility index (Phi) is 31.7. The summed E-state index contributed by atoms with van der Waals surface area (Å²) in [6.07, 6.45) is 18.0. The van der Waals surface area contributed by atoms with Gasteiger partial charge in [0.2, 0.25) is 24.3 Å². The van der Waals surface area contributed by atoms with Gasteiger partial charge in [-0.05, 0) is 264 Å². The fourth-order valence-corrected chi connectivity index (χ4v) is 16.8. The molecule has 22 nitrogen and oxygen atoms in total. The monoisotopic (exact) mass is 1630 g/mol. The fraction of sp³-hybridized carbons (Fsp3) is 0.716. The number of rotatable bonds is 24. The van der Waals surface area contributed by atoms with Crippen LogP contribution in [0.4, 0.5) is 4.79 Å². The van der Waals surface area contributed by atoms with Crippen LogP contribution in [0, 0.1) is 70.0 Å². The number of likely N-dealkylation sites (tertiary alicyclic amines) is 3. The summed E-state index contributed by atoms with van der Waals surface area (Å²) < 4.78 is 55.7. The van der Waals surface area contributed by atoms with Gasteiger partial charge in [0.1, 0.15) is 43.2 Å². The predicted octanol–water partition coefficient (Wildman–Crippen LogP) is 18.1. The van der Waals surface area contributed by atoms with E-state index < -0.39 is 64.3 Å². The first kappa shape index (κ1) is 93.8. The highest BCUT2D eigenvalue weighted by Crippen LogP contribution is 2.44. The van der Waals surface area contributed by atoms with Crippen molar-refractivity contribution in [2.75, 3.05) is 78.7 Å². The van der Waals surface area contributed by atoms with E-state index in [0.717, 1.165) is 87.5 Å². The number of hydrogen-bond donors (Lipinski definition) is 3. The molecule has 4 aromatic rings. The van der Waals surface area contributed by atoms with E-state index in [-0.39, 0.29) is 78.7 Å². The van der Waals surface area contributed by atoms with Crippen LogP contribution in [-0.4, -0.2) is 186 Å². The summed E-state index contributed by atoms with van der Waals surface area (Å²) in [5, 5.41) is 19.4. The molecular weight excluding hydrogens is 1480 g/mol. The molecule has 0 saturated carbocycles. The number of ether oxygens (including phenoxy) is 9. The van der Waals surface area contributed by atoms with Gasteiger partial charge in [-0.3, -0.25) is 29.4 Å². The summed E-state index contributed by atoms with van der Waals surface area (Å²) >= 11 is 0. The summed E-state index contributed by atoms with van der Waals surface area (Å²) in [5.41, 5.74) is 8.71. The molecule has 652 valence electrons. The molecule has 0 bridgehead atoms. The quantitative estimate of drug-likeness (QED) is 0.0436. The van der Waals surface area contributed by atoms with Crippen molar-refractivity contribution in [2.24, 2.45) is 56.2 Å². The highest BCUT2D eigenvalue weighted by molar-refractivity contribution is 5.77. The van der Waals surface area contributed by atoms with Crippen molar-refractivity contribution in [3.8, 4) is 11.8 Å². The van der Waals surface area contributed by atoms with Gasteiger partial charge >= 0.3 is 30.0 Å². The van der Waals surface area contributed by atoms with Gasteiger partial charge in [-0.15, -0.1) is 10.2 Å². The lowest BCUT2D eigenvalue weighted by Crippen LogP contribution is -2.55. The highest BCUT2D eigenvalue weighted by Gasteiger charge is 2.50. The lowest BCUT2D eigenvalue weighted by Gasteiger charge is -2.47. The number of carbonyl (C=O) groups is 5. The van der Waals surface area contributed by atoms with Gasteiger partial charge in [0.15, 0.2) is 0 Å². The summed E-state index contributed by atoms with van der Waals surface area (Å²) in [7, 11) is 0. The number of aromatic nitrogens is 4. The van der Waals surface area contributed by atoms with Crippen LogP contribution in [0.2, 0.25) is 0 Å². The second-order valence-electron chi connectivity index (χ2n) is 40.9. The molecule has 1 amide bonds. The second-order valence-corrected chi connectivity index (χ2v) is 40.9. The molecule has 2 spiro atoms. The molecule has 22 heteroatoms. The molecule has 10 atom stereocenters. The summed E-state index contributed by atoms with van der Waals surface area (Å²) in [6.45, 7) is 59.1. The lowest BCUT2D eigenvalue weighted by molar-refractivity contribution is -0.252. The van der Waals surface area contributed by atoms with E-state index in [1.807, 2.05) is 116 Å². The van der Waals surface area contributed by atoms with E-state index in [4.69, 9.17) is 42.6 Å². The van der Waals surface area contributed by atoms with Gasteiger partial charge in [0, 0.05) is 98.3 Å². The lowest BCUT2D eigenvalue weighted by atomic mass is 9.72. The maximum absolute atomic E-state index is 13.1. The summed E-state index contributed by atoms with van der Waals surface area (Å²) in [4.78, 5) is 71.6. The smallest absolute Gasteiger partial charge is 0.410 e. The Labute approximate surface area is 701 Å². The highest BCUT2D eigenvalue weighted by atomic mass is 16.7. The molecule has 6 saturated heterocycles. The molecular formula is C95H148N8O14. The maximum Gasteiger partial charge on any atom is 0.410 e. The number of piperidine rings is 4. The van der Waals surface area contributed by atoms with E-state index in [1.54, 1.807) is 20.8 Å². The van der Waals surface area contributed by atoms with Crippen LogP contribution < -0.4 is 14.8 Å². The third-order valence-electron chi connectivity index (χ3n) is 24.9. The SMILES string of the molecule is Cc1cc(/C=C/CCN2CCCC3(CCN(C(=O)OC(C)(C)C)CC3)C2)ccc1Cc1c(O[C@@H]2O[C@H](COC(=O)C(C)(C)C)[C@@H](OC(=O)C(C)(C)C)[C@H](C)[C@H]2C)n[nH]c1C(C)C.Cc1cc(/C=C/CCN2CCCC3(CCNCC3)C2)ccc1Cc1c(O[C@@H]2O[C@H](COC(=O)C(C)(C)C)[C@@H](OC(=O)C(C)(C)C)[C@H](C)[C@H]2C)n[nH]c1C(C)C. The predicted molar refractivity (Wildman–Crippen MR) is 461 cm³/mol. The number of aromatic amines is 2. The largest absolute Gasteiger partial charge is 0.462 e. The number of amides is 1. The summed E-state index contributed by atoms with van der Waals surface area (Å²) in [5.74, 6) is -0.695. The Morgan fingerprint density at radius 2 is 0.906 bits per heavy atom. The number of aryl methyl sites for hydroxylation is 2. The van der Waals surface area contributed by atoms with Crippen LogP contribution in [0.3, 0.4) is 0 Å². The van der Waals surface area contributed by atoms with Crippen molar-refractivity contribution < 1.29 is 66.6 Å². The Morgan fingerprint density at radius 3 is 1.26 bits per heavy atom. The normalized spacial score (nSPS) is 24.4. The standard InChI is InChI=1S/C50H78N4O8.C45H70N4O6/c1-32(2)40-38(42(52-51-40)61-43-35(5)34(4)41(60-45(56)48(9,10)11)39(59-43)30-58-44(55)47(6,7)8)29-37-20-19-36(28-33(37)3)18-15-16-24-53-25-17-21-50(31-53)22-26-54(27-23-50)46(57)62-49(12,13)14;1-29(2)37-35(26-34-17-16-33(25-30(34)3)15-12-13-23-49-24-14-18-45(28-49)19-21-46-22-20-45)39(48-47-37)55-40-32(5)31(4)38(54-42(51)44(9,10)11)36(53-40)27-52-41(50)43(6,7)8/h15,18-20,28,32,34-35,39,41,43H,16-17,21-27,29-31H2,1-14H3,(H,51,52);12,15-17,25,29,31-32,36,38,40,46H,13-14,18-24,26-28H2,1-11H3,(H,47,48)/b18-15+;15-12+/t34-,35-,39-,41+,43+;31-,32-,36-,38+,40+/m11/s1. The molecule has 0 radical (unpaired) electrons. The number of nitrogens with zero attached hydrogens (tertiary/aromatic N) is 5. The van der Waals surface area contributed by atoms with Gasteiger partial charge < -0.3 is 62.6 Å². The summed E-state index contributed by atoms with van der Waals surface area (Å²) in [6, 6.07) is 13.3. The van der Waals surface area contributed by atoms with Crippen LogP contribution >= 0.6 is 0 Å². The van der Waals surface area contributed by atoms with Crippen molar-refractivity contribution in [3.63, 3.8) is 0 Å². The van der Waals surface area contributed by atoms with Gasteiger partial charge in [-0.2, -0.15) is 0 Å². The minimum atomic E-state index is -0.731. The second kappa shape index (κ2) is 39.6. The molecule has 2 aromatic carbocycles. The molecule has 6 aliphatic rings. The molecule has 0 unspecified atom stereocenters. The topological polar surface area (TPSA) is 248 Å². The van der Waals surface area contributed by atoms with Crippen LogP contribution in [0.15, 0.2) is 48.6 Å². The van der Waals surface area contributed by atoms with Crippen LogP contribution in [0.5, 0.6) is 11.8 Å². The number of nitrogens with one attached hydrogen (secondary N) is 3. The van der Waals surface area contributed by atoms with Crippen molar-refractivity contribution in [3.05, 3.63) is 104 Å². The molecule has 6 aliphatic heterocycles. The Morgan fingerprint density at radius 1 is 0.521 bits per heavy atom. The van der Waals surface area contributed by atoms with Crippen LogP contribution in [0.1, 0.15) is 291 Å². The van der Waals surface area contributed by atoms with Gasteiger partial charge in [0.25, 0.3) is 0 Å². The molecule has 10 rings (SSSR count). The molecule has 6 fully saturated rings. The van der Waals surface area contributed by atoms with E-state index in [9.17, 15) is 24.0 Å². The van der Waals surface area contributed by atoms with Crippen molar-refractivity contribution in [2.45, 2.75) is 305 Å². The van der Waals surface area contributed by atoms with Gasteiger partial charge in [0.05, 0.1) is 21.7 Å². The minimum absolute atomic E-state index is 0.0589. The third-order valence-corrected chi connectivity index (χ3v) is 24.9. The first-order chi connectivity index (χ1) is 54.7. The Bertz CT molecular complexity index is 4000. The molecule has 8 heterocycles. The van der Waals surface area contributed by atoms with E-state index in [2.05, 4.69) is 138 Å². The average Bonchev–Trinajstić information content (AvgIpc) is 1.76. The molecule has 3 N–H and O–H groups in total. The molecule has 0 aliphatic carbocycles. The number of carbonyl (C=O) groups excluding carboxylic acids is 5. The molecule has 2 aromatic heterocycles. The van der Waals surface area contributed by atoms with Crippen molar-refractivity contribution in [1.82, 2.24) is 40.4 Å². The maximum atomic E-state index is 13.1. The first-order valence-corrected chi connectivity index (χ1v) is 43.9. The van der Waals surface area contributed by atoms with Gasteiger partial charge in [-0.1, -0.05) is 116 Å². The zero-order valence-corrected chi connectivity index (χ0v) is 76.1. The van der Waals surface area contributed by atoms with E-state index in [1.165, 1.54) is 98.1 Å². The zero-order chi connectivity index (χ0) is 85.9. The zero-order valence-electron chi connectivity index (χ0n) is 76.1. The number of hydrogen-bond acceptors (Lipinski definition) is 19. The van der Waals surface area contributed by atoms with E-state index in [0.29, 0.717) is 35.4 Å². The fourth-order valence-electron chi connectivity index (χ4n) is 16.8. The number of H-pyrrole nitrogens is 2. The number of esters is 4. The Balaban J connectivity index is 0.000000269. The Hall–Kier alpha value is -7.11. The van der Waals surface area contributed by atoms with Crippen molar-refractivity contribution >= 4 is 42.1 Å². The van der Waals surface area contributed by atoms with Gasteiger partial charge in [-0.25, -0.2) is 4.79 Å². The molecule has 117 heavy (non-hydrogen) atoms. The van der Waals surface area contributed by atoms with E-state index >= 15 is 0 Å². The van der Waals surface area contributed by atoms with Crippen LogP contribution in [0.25, 0.3) is 12.2 Å². The third kappa shape index (κ3) is 25.7. The first-order valence-electron chi connectivity index (χ1n) is 43.9. The van der Waals surface area contributed by atoms with Crippen molar-refractivity contribution in [1.29, 1.82) is 0 Å². The van der Waals surface area contributed by atoms with Crippen LogP contribution in [-0.2, 0) is 65.2 Å².